The molecule has 0 fully saturated rings. The molecular formula is C9H13NO3S. The normalized spacial score (nSPS) is 11.3. The Morgan fingerprint density at radius 2 is 2.07 bits per heavy atom. The van der Waals surface area contributed by atoms with E-state index < -0.39 is 9.84 Å². The van der Waals surface area contributed by atoms with Crippen molar-refractivity contribution in [2.75, 3.05) is 18.6 Å². The van der Waals surface area contributed by atoms with Crippen LogP contribution in [0.3, 0.4) is 0 Å². The van der Waals surface area contributed by atoms with Gasteiger partial charge in [0.1, 0.15) is 4.90 Å². The molecule has 0 aliphatic heterocycles. The van der Waals surface area contributed by atoms with Gasteiger partial charge < -0.3 is 10.5 Å². The summed E-state index contributed by atoms with van der Waals surface area (Å²) in [6.07, 6.45) is 0. The third-order valence-electron chi connectivity index (χ3n) is 1.93. The smallest absolute Gasteiger partial charge is 0.181 e. The van der Waals surface area contributed by atoms with Gasteiger partial charge in [-0.15, -0.1) is 0 Å². The summed E-state index contributed by atoms with van der Waals surface area (Å²) in [4.78, 5) is 0.155. The zero-order valence-corrected chi connectivity index (χ0v) is 8.97. The molecular weight excluding hydrogens is 202 g/mol. The highest BCUT2D eigenvalue weighted by Crippen LogP contribution is 2.30. The summed E-state index contributed by atoms with van der Waals surface area (Å²) < 4.78 is 28.2. The Balaban J connectivity index is 3.42. The van der Waals surface area contributed by atoms with Crippen molar-refractivity contribution in [3.8, 4) is 5.75 Å². The number of sulfone groups is 1. The number of hydrogen-bond donors (Lipinski definition) is 1. The van der Waals surface area contributed by atoms with Crippen LogP contribution in [0.1, 0.15) is 6.92 Å². The molecule has 0 amide bonds. The number of methoxy groups -OCH3 is 1. The van der Waals surface area contributed by atoms with E-state index in [1.807, 2.05) is 0 Å². The Hall–Kier alpha value is -1.23. The molecule has 0 aliphatic rings. The Labute approximate surface area is 83.6 Å². The minimum atomic E-state index is -3.27. The summed E-state index contributed by atoms with van der Waals surface area (Å²) in [5.74, 6) is 0.265. The van der Waals surface area contributed by atoms with Gasteiger partial charge in [0.25, 0.3) is 0 Å². The van der Waals surface area contributed by atoms with E-state index >= 15 is 0 Å². The summed E-state index contributed by atoms with van der Waals surface area (Å²) in [5.41, 5.74) is 5.93. The molecule has 0 aliphatic carbocycles. The van der Waals surface area contributed by atoms with Gasteiger partial charge in [-0.2, -0.15) is 0 Å². The number of ether oxygens (including phenoxy) is 1. The lowest BCUT2D eigenvalue weighted by Crippen LogP contribution is -2.07. The summed E-state index contributed by atoms with van der Waals surface area (Å²) in [7, 11) is -1.87. The van der Waals surface area contributed by atoms with E-state index in [4.69, 9.17) is 10.5 Å². The molecule has 0 spiro atoms. The average Bonchev–Trinajstić information content (AvgIpc) is 2.17. The Bertz CT molecular complexity index is 426. The number of anilines is 1. The summed E-state index contributed by atoms with van der Waals surface area (Å²) in [5, 5.41) is 0. The molecule has 0 radical (unpaired) electrons. The van der Waals surface area contributed by atoms with E-state index in [2.05, 4.69) is 0 Å². The molecule has 1 rings (SSSR count). The van der Waals surface area contributed by atoms with E-state index in [1.54, 1.807) is 19.1 Å². The van der Waals surface area contributed by atoms with Crippen molar-refractivity contribution in [2.24, 2.45) is 0 Å². The van der Waals surface area contributed by atoms with Crippen molar-refractivity contribution in [1.29, 1.82) is 0 Å². The quantitative estimate of drug-likeness (QED) is 0.766. The molecule has 0 unspecified atom stereocenters. The molecule has 2 N–H and O–H groups in total. The van der Waals surface area contributed by atoms with Gasteiger partial charge in [0.05, 0.1) is 18.6 Å². The lowest BCUT2D eigenvalue weighted by Gasteiger charge is -2.09. The first-order valence-corrected chi connectivity index (χ1v) is 5.83. The summed E-state index contributed by atoms with van der Waals surface area (Å²) in [6, 6.07) is 4.70. The second-order valence-corrected chi connectivity index (χ2v) is 5.03. The molecule has 1 aromatic carbocycles. The number of hydrogen-bond acceptors (Lipinski definition) is 4. The standard InChI is InChI=1S/C9H13NO3S/c1-3-14(11,12)8-6-4-5-7(10)9(8)13-2/h4-6H,3,10H2,1-2H3. The Morgan fingerprint density at radius 1 is 1.43 bits per heavy atom. The molecule has 0 atom stereocenters. The molecule has 14 heavy (non-hydrogen) atoms. The van der Waals surface area contributed by atoms with E-state index in [-0.39, 0.29) is 16.4 Å². The Kier molecular flexibility index (Phi) is 3.00. The number of nitrogen functional groups attached to an aromatic ring is 1. The van der Waals surface area contributed by atoms with Crippen LogP contribution in [0.15, 0.2) is 23.1 Å². The van der Waals surface area contributed by atoms with Crippen LogP contribution in [-0.2, 0) is 9.84 Å². The highest BCUT2D eigenvalue weighted by molar-refractivity contribution is 7.91. The molecule has 1 aromatic rings. The predicted octanol–water partition coefficient (Wildman–Crippen LogP) is 1.07. The molecule has 0 bridgehead atoms. The number of benzene rings is 1. The minimum Gasteiger partial charge on any atom is -0.493 e. The van der Waals surface area contributed by atoms with Gasteiger partial charge in [-0.05, 0) is 12.1 Å². The fourth-order valence-corrected chi connectivity index (χ4v) is 2.23. The second-order valence-electron chi connectivity index (χ2n) is 2.78. The number of rotatable bonds is 3. The predicted molar refractivity (Wildman–Crippen MR) is 55.1 cm³/mol. The van der Waals surface area contributed by atoms with Crippen molar-refractivity contribution in [1.82, 2.24) is 0 Å². The summed E-state index contributed by atoms with van der Waals surface area (Å²) >= 11 is 0. The van der Waals surface area contributed by atoms with Crippen LogP contribution >= 0.6 is 0 Å². The van der Waals surface area contributed by atoms with Crippen LogP contribution in [-0.4, -0.2) is 21.3 Å². The molecule has 0 aromatic heterocycles. The first-order valence-electron chi connectivity index (χ1n) is 4.18. The lowest BCUT2D eigenvalue weighted by molar-refractivity contribution is 0.405. The van der Waals surface area contributed by atoms with Gasteiger partial charge in [0.2, 0.25) is 0 Å². The molecule has 78 valence electrons. The number of para-hydroxylation sites is 1. The maximum Gasteiger partial charge on any atom is 0.181 e. The SMILES string of the molecule is CCS(=O)(=O)c1cccc(N)c1OC. The van der Waals surface area contributed by atoms with Crippen LogP contribution in [0.5, 0.6) is 5.75 Å². The largest absolute Gasteiger partial charge is 0.493 e. The third kappa shape index (κ3) is 1.82. The molecule has 4 nitrogen and oxygen atoms in total. The number of nitrogens with two attached hydrogens (primary N) is 1. The fraction of sp³-hybridized carbons (Fsp3) is 0.333. The van der Waals surface area contributed by atoms with Crippen LogP contribution in [0.2, 0.25) is 0 Å². The molecule has 0 saturated carbocycles. The maximum absolute atomic E-state index is 11.6. The van der Waals surface area contributed by atoms with Crippen molar-refractivity contribution in [3.05, 3.63) is 18.2 Å². The van der Waals surface area contributed by atoms with Crippen LogP contribution < -0.4 is 10.5 Å². The third-order valence-corrected chi connectivity index (χ3v) is 3.68. The van der Waals surface area contributed by atoms with E-state index in [0.29, 0.717) is 5.69 Å². The van der Waals surface area contributed by atoms with E-state index in [9.17, 15) is 8.42 Å². The second kappa shape index (κ2) is 3.88. The highest BCUT2D eigenvalue weighted by atomic mass is 32.2. The topological polar surface area (TPSA) is 69.4 Å². The highest BCUT2D eigenvalue weighted by Gasteiger charge is 2.18. The minimum absolute atomic E-state index is 0.0345. The van der Waals surface area contributed by atoms with E-state index in [1.165, 1.54) is 13.2 Å². The molecule has 5 heteroatoms. The average molecular weight is 215 g/mol. The molecule has 0 heterocycles. The Morgan fingerprint density at radius 3 is 2.57 bits per heavy atom. The van der Waals surface area contributed by atoms with Crippen molar-refractivity contribution < 1.29 is 13.2 Å². The van der Waals surface area contributed by atoms with E-state index in [0.717, 1.165) is 0 Å². The summed E-state index contributed by atoms with van der Waals surface area (Å²) in [6.45, 7) is 1.58. The van der Waals surface area contributed by atoms with Gasteiger partial charge >= 0.3 is 0 Å². The van der Waals surface area contributed by atoms with Gasteiger partial charge in [-0.25, -0.2) is 8.42 Å². The maximum atomic E-state index is 11.6. The first-order chi connectivity index (χ1) is 6.53. The van der Waals surface area contributed by atoms with Gasteiger partial charge in [-0.3, -0.25) is 0 Å². The van der Waals surface area contributed by atoms with Crippen LogP contribution in [0.25, 0.3) is 0 Å². The lowest BCUT2D eigenvalue weighted by atomic mass is 10.3. The zero-order valence-electron chi connectivity index (χ0n) is 8.15. The van der Waals surface area contributed by atoms with Crippen LogP contribution in [0.4, 0.5) is 5.69 Å². The van der Waals surface area contributed by atoms with Gasteiger partial charge in [0.15, 0.2) is 15.6 Å². The molecule has 0 saturated heterocycles. The zero-order chi connectivity index (χ0) is 10.8. The van der Waals surface area contributed by atoms with Gasteiger partial charge in [0, 0.05) is 0 Å². The van der Waals surface area contributed by atoms with Gasteiger partial charge in [-0.1, -0.05) is 13.0 Å². The monoisotopic (exact) mass is 215 g/mol. The van der Waals surface area contributed by atoms with Crippen LogP contribution in [0, 0.1) is 0 Å². The van der Waals surface area contributed by atoms with Crippen molar-refractivity contribution >= 4 is 15.5 Å². The van der Waals surface area contributed by atoms with Crippen molar-refractivity contribution in [2.45, 2.75) is 11.8 Å². The first kappa shape index (κ1) is 10.8. The van der Waals surface area contributed by atoms with Crippen molar-refractivity contribution in [3.63, 3.8) is 0 Å². The fourth-order valence-electron chi connectivity index (χ4n) is 1.15.